The lowest BCUT2D eigenvalue weighted by Crippen LogP contribution is -2.07. The quantitative estimate of drug-likeness (QED) is 0.292. The summed E-state index contributed by atoms with van der Waals surface area (Å²) in [5, 5.41) is 3.95. The van der Waals surface area contributed by atoms with E-state index in [1.54, 1.807) is 36.4 Å². The summed E-state index contributed by atoms with van der Waals surface area (Å²) in [5.74, 6) is -0.266. The summed E-state index contributed by atoms with van der Waals surface area (Å²) in [4.78, 5) is 12.9. The molecular formula is C25H18ClF3N2O3S. The first-order valence-corrected chi connectivity index (χ1v) is 12.6. The Hall–Kier alpha value is -3.43. The number of nitrogens with zero attached hydrogens (tertiary/aromatic N) is 2. The molecule has 180 valence electrons. The average Bonchev–Trinajstić information content (AvgIpc) is 3.25. The second-order valence-electron chi connectivity index (χ2n) is 7.87. The maximum Gasteiger partial charge on any atom is 0.435 e. The van der Waals surface area contributed by atoms with Crippen molar-refractivity contribution < 1.29 is 26.4 Å². The minimum absolute atomic E-state index is 0.0293. The molecule has 0 amide bonds. The van der Waals surface area contributed by atoms with Gasteiger partial charge in [-0.3, -0.25) is 4.79 Å². The van der Waals surface area contributed by atoms with Gasteiger partial charge in [-0.1, -0.05) is 60.1 Å². The zero-order valence-corrected chi connectivity index (χ0v) is 19.8. The predicted octanol–water partition coefficient (Wildman–Crippen LogP) is 6.04. The van der Waals surface area contributed by atoms with Gasteiger partial charge in [0.15, 0.2) is 21.3 Å². The molecule has 0 aliphatic heterocycles. The van der Waals surface area contributed by atoms with Crippen LogP contribution in [0, 0.1) is 0 Å². The normalized spacial score (nSPS) is 12.0. The van der Waals surface area contributed by atoms with Crippen LogP contribution in [0.1, 0.15) is 21.6 Å². The molecule has 0 saturated heterocycles. The van der Waals surface area contributed by atoms with Crippen LogP contribution in [0.25, 0.3) is 16.9 Å². The predicted molar refractivity (Wildman–Crippen MR) is 127 cm³/mol. The number of para-hydroxylation sites is 1. The molecule has 0 radical (unpaired) electrons. The number of sulfone groups is 1. The fourth-order valence-corrected chi connectivity index (χ4v) is 4.44. The Morgan fingerprint density at radius 2 is 1.66 bits per heavy atom. The lowest BCUT2D eigenvalue weighted by atomic mass is 10.0. The highest BCUT2D eigenvalue weighted by molar-refractivity contribution is 7.90. The molecular weight excluding hydrogens is 501 g/mol. The smallest absolute Gasteiger partial charge is 0.294 e. The lowest BCUT2D eigenvalue weighted by molar-refractivity contribution is -0.141. The van der Waals surface area contributed by atoms with Crippen molar-refractivity contribution in [1.29, 1.82) is 0 Å². The summed E-state index contributed by atoms with van der Waals surface area (Å²) >= 11 is 6.20. The molecule has 3 aromatic carbocycles. The van der Waals surface area contributed by atoms with E-state index in [1.807, 2.05) is 0 Å². The van der Waals surface area contributed by atoms with Crippen molar-refractivity contribution in [1.82, 2.24) is 9.78 Å². The second-order valence-corrected chi connectivity index (χ2v) is 10.3. The van der Waals surface area contributed by atoms with Crippen molar-refractivity contribution in [3.63, 3.8) is 0 Å². The highest BCUT2D eigenvalue weighted by Crippen LogP contribution is 2.34. The fraction of sp³-hybridized carbons (Fsp3) is 0.120. The summed E-state index contributed by atoms with van der Waals surface area (Å²) < 4.78 is 64.8. The topological polar surface area (TPSA) is 69.0 Å². The number of halogens is 4. The number of benzene rings is 3. The number of hydrogen-bond donors (Lipinski definition) is 0. The van der Waals surface area contributed by atoms with Crippen molar-refractivity contribution in [2.45, 2.75) is 17.5 Å². The highest BCUT2D eigenvalue weighted by Gasteiger charge is 2.35. The summed E-state index contributed by atoms with van der Waals surface area (Å²) in [6.07, 6.45) is -3.60. The van der Waals surface area contributed by atoms with E-state index in [0.29, 0.717) is 16.7 Å². The van der Waals surface area contributed by atoms with E-state index in [9.17, 15) is 26.4 Å². The zero-order valence-electron chi connectivity index (χ0n) is 18.3. The molecule has 0 aliphatic carbocycles. The first-order chi connectivity index (χ1) is 16.4. The molecule has 10 heteroatoms. The Morgan fingerprint density at radius 3 is 2.29 bits per heavy atom. The summed E-state index contributed by atoms with van der Waals surface area (Å²) in [7, 11) is -3.41. The summed E-state index contributed by atoms with van der Waals surface area (Å²) in [5.41, 5.74) is 0.643. The molecule has 0 aliphatic rings. The Balaban J connectivity index is 1.66. The first-order valence-electron chi connectivity index (χ1n) is 10.3. The van der Waals surface area contributed by atoms with E-state index < -0.39 is 21.7 Å². The van der Waals surface area contributed by atoms with Gasteiger partial charge in [0.05, 0.1) is 21.3 Å². The maximum atomic E-state index is 13.4. The van der Waals surface area contributed by atoms with Gasteiger partial charge in [-0.15, -0.1) is 0 Å². The third kappa shape index (κ3) is 5.47. The molecule has 5 nitrogen and oxygen atoms in total. The van der Waals surface area contributed by atoms with Crippen LogP contribution in [-0.4, -0.2) is 30.2 Å². The monoisotopic (exact) mass is 518 g/mol. The number of hydrogen-bond acceptors (Lipinski definition) is 4. The van der Waals surface area contributed by atoms with E-state index >= 15 is 0 Å². The fourth-order valence-electron chi connectivity index (χ4n) is 3.53. The van der Waals surface area contributed by atoms with Crippen molar-refractivity contribution in [2.24, 2.45) is 0 Å². The molecule has 0 unspecified atom stereocenters. The molecule has 0 fully saturated rings. The number of aromatic nitrogens is 2. The van der Waals surface area contributed by atoms with E-state index in [2.05, 4.69) is 5.10 Å². The second kappa shape index (κ2) is 9.31. The van der Waals surface area contributed by atoms with Crippen molar-refractivity contribution in [3.8, 4) is 16.9 Å². The largest absolute Gasteiger partial charge is 0.435 e. The highest BCUT2D eigenvalue weighted by atomic mass is 35.5. The summed E-state index contributed by atoms with van der Waals surface area (Å²) in [6, 6.07) is 19.5. The van der Waals surface area contributed by atoms with Gasteiger partial charge < -0.3 is 0 Å². The molecule has 35 heavy (non-hydrogen) atoms. The van der Waals surface area contributed by atoms with Gasteiger partial charge >= 0.3 is 6.18 Å². The van der Waals surface area contributed by atoms with Crippen LogP contribution in [-0.2, 0) is 22.4 Å². The SMILES string of the molecule is CS(=O)(=O)c1cccc(CC(=O)c2ccc(-c3cc(C(F)(F)F)nn3-c3ccccc3Cl)cc2)c1. The average molecular weight is 519 g/mol. The van der Waals surface area contributed by atoms with Gasteiger partial charge in [0.1, 0.15) is 0 Å². The molecule has 4 rings (SSSR count). The van der Waals surface area contributed by atoms with Gasteiger partial charge in [0.25, 0.3) is 0 Å². The molecule has 0 N–H and O–H groups in total. The van der Waals surface area contributed by atoms with Gasteiger partial charge in [-0.25, -0.2) is 13.1 Å². The molecule has 0 atom stereocenters. The van der Waals surface area contributed by atoms with Crippen LogP contribution in [0.15, 0.2) is 83.8 Å². The Kier molecular flexibility index (Phi) is 6.57. The van der Waals surface area contributed by atoms with Crippen LogP contribution >= 0.6 is 11.6 Å². The van der Waals surface area contributed by atoms with Crippen LogP contribution < -0.4 is 0 Å². The Morgan fingerprint density at radius 1 is 0.971 bits per heavy atom. The van der Waals surface area contributed by atoms with Crippen molar-refractivity contribution >= 4 is 27.2 Å². The first kappa shape index (κ1) is 24.7. The van der Waals surface area contributed by atoms with E-state index in [4.69, 9.17) is 11.6 Å². The number of Topliss-reactive ketones (excluding diaryl/α,β-unsaturated/α-hetero) is 1. The number of ketones is 1. The van der Waals surface area contributed by atoms with E-state index in [0.717, 1.165) is 17.0 Å². The number of rotatable bonds is 6. The van der Waals surface area contributed by atoms with Gasteiger partial charge in [0, 0.05) is 23.8 Å². The minimum atomic E-state index is -4.66. The third-order valence-electron chi connectivity index (χ3n) is 5.27. The van der Waals surface area contributed by atoms with Crippen LogP contribution in [0.3, 0.4) is 0 Å². The molecule has 0 spiro atoms. The van der Waals surface area contributed by atoms with Crippen molar-refractivity contribution in [2.75, 3.05) is 6.26 Å². The molecule has 4 aromatic rings. The van der Waals surface area contributed by atoms with Crippen molar-refractivity contribution in [3.05, 3.63) is 101 Å². The Labute approximate surface area is 204 Å². The minimum Gasteiger partial charge on any atom is -0.294 e. The van der Waals surface area contributed by atoms with Crippen LogP contribution in [0.4, 0.5) is 13.2 Å². The number of alkyl halides is 3. The molecule has 1 heterocycles. The van der Waals surface area contributed by atoms with Crippen LogP contribution in [0.5, 0.6) is 0 Å². The van der Waals surface area contributed by atoms with E-state index in [-0.39, 0.29) is 33.5 Å². The molecule has 1 aromatic heterocycles. The third-order valence-corrected chi connectivity index (χ3v) is 6.70. The standard InChI is InChI=1S/C25H18ClF3N2O3S/c1-35(33,34)19-6-4-5-16(13-19)14-23(32)18-11-9-17(10-12-18)22-15-24(25(27,28)29)30-31(22)21-8-3-2-7-20(21)26/h2-13,15H,14H2,1H3. The van der Waals surface area contributed by atoms with E-state index in [1.165, 1.54) is 36.4 Å². The van der Waals surface area contributed by atoms with Gasteiger partial charge in [0.2, 0.25) is 0 Å². The van der Waals surface area contributed by atoms with Crippen LogP contribution in [0.2, 0.25) is 5.02 Å². The maximum absolute atomic E-state index is 13.4. The summed E-state index contributed by atoms with van der Waals surface area (Å²) in [6.45, 7) is 0. The molecule has 0 bridgehead atoms. The number of carbonyl (C=O) groups excluding carboxylic acids is 1. The zero-order chi connectivity index (χ0) is 25.4. The number of carbonyl (C=O) groups is 1. The lowest BCUT2D eigenvalue weighted by Gasteiger charge is -2.10. The van der Waals surface area contributed by atoms with Gasteiger partial charge in [-0.05, 0) is 35.9 Å². The molecule has 0 saturated carbocycles. The Bertz CT molecular complexity index is 1510. The van der Waals surface area contributed by atoms with Gasteiger partial charge in [-0.2, -0.15) is 18.3 Å².